The van der Waals surface area contributed by atoms with Crippen molar-refractivity contribution in [2.45, 2.75) is 35.5 Å². The Morgan fingerprint density at radius 1 is 0.550 bits per heavy atom. The van der Waals surface area contributed by atoms with Crippen LogP contribution in [0, 0.1) is 0 Å². The minimum Gasteiger partial charge on any atom is -0.316 e. The molecule has 206 valence electrons. The average molecular weight is 571 g/mol. The molecule has 0 aliphatic heterocycles. The van der Waals surface area contributed by atoms with Crippen molar-refractivity contribution < 1.29 is 30.9 Å². The maximum atomic E-state index is 16.4. The highest BCUT2D eigenvalue weighted by Crippen LogP contribution is 2.78. The Morgan fingerprint density at radius 2 is 0.950 bits per heavy atom. The monoisotopic (exact) mass is 570 g/mol. The van der Waals surface area contributed by atoms with Crippen molar-refractivity contribution in [2.24, 2.45) is 0 Å². The van der Waals surface area contributed by atoms with E-state index in [0.29, 0.717) is 0 Å². The first-order valence-corrected chi connectivity index (χ1v) is 14.4. The van der Waals surface area contributed by atoms with Gasteiger partial charge in [0.2, 0.25) is 0 Å². The summed E-state index contributed by atoms with van der Waals surface area (Å²) in [5.41, 5.74) is -2.41. The third-order valence-corrected chi connectivity index (χ3v) is 12.2. The predicted molar refractivity (Wildman–Crippen MR) is 146 cm³/mol. The van der Waals surface area contributed by atoms with Crippen LogP contribution in [0.5, 0.6) is 0 Å². The summed E-state index contributed by atoms with van der Waals surface area (Å²) in [6, 6.07) is 17.9. The van der Waals surface area contributed by atoms with Crippen molar-refractivity contribution in [3.05, 3.63) is 150 Å². The molecule has 2 aliphatic rings. The van der Waals surface area contributed by atoms with Gasteiger partial charge in [-0.1, -0.05) is 115 Å². The first kappa shape index (κ1) is 28.0. The Hall–Kier alpha value is -3.57. The number of rotatable bonds is 5. The molecule has 0 saturated heterocycles. The fourth-order valence-electron chi connectivity index (χ4n) is 6.09. The quantitative estimate of drug-likeness (QED) is 0.221. The van der Waals surface area contributed by atoms with E-state index in [-0.39, 0.29) is 29.3 Å². The highest BCUT2D eigenvalue weighted by molar-refractivity contribution is 7.74. The van der Waals surface area contributed by atoms with Crippen LogP contribution in [-0.2, 0) is 27.2 Å². The van der Waals surface area contributed by atoms with Crippen LogP contribution in [0.3, 0.4) is 0 Å². The highest BCUT2D eigenvalue weighted by Gasteiger charge is 2.62. The van der Waals surface area contributed by atoms with E-state index in [1.165, 1.54) is 60.7 Å². The topological polar surface area (TPSA) is 17.1 Å². The molecular formula is C32H25F6OP. The van der Waals surface area contributed by atoms with E-state index in [9.17, 15) is 26.3 Å². The second-order valence-electron chi connectivity index (χ2n) is 9.86. The molecule has 0 N–H and O–H groups in total. The fraction of sp³-hybridized carbons (Fsp3) is 0.188. The summed E-state index contributed by atoms with van der Waals surface area (Å²) in [6.07, 6.45) is 2.85. The van der Waals surface area contributed by atoms with Gasteiger partial charge in [0.15, 0.2) is 0 Å². The molecule has 3 aromatic carbocycles. The van der Waals surface area contributed by atoms with Crippen LogP contribution >= 0.6 is 7.14 Å². The maximum Gasteiger partial charge on any atom is 0.416 e. The second kappa shape index (κ2) is 10.1. The van der Waals surface area contributed by atoms with Crippen LogP contribution in [0.15, 0.2) is 127 Å². The zero-order valence-electron chi connectivity index (χ0n) is 21.2. The first-order chi connectivity index (χ1) is 19.0. The number of alkyl halides is 6. The molecule has 3 aromatic rings. The number of benzene rings is 3. The van der Waals surface area contributed by atoms with Crippen molar-refractivity contribution >= 4 is 12.4 Å². The summed E-state index contributed by atoms with van der Waals surface area (Å²) in [5.74, 6) is 0. The van der Waals surface area contributed by atoms with Gasteiger partial charge in [0.25, 0.3) is 0 Å². The van der Waals surface area contributed by atoms with Crippen molar-refractivity contribution in [3.63, 3.8) is 0 Å². The third-order valence-electron chi connectivity index (χ3n) is 7.74. The predicted octanol–water partition coefficient (Wildman–Crippen LogP) is 9.54. The molecule has 1 nitrogen and oxygen atoms in total. The van der Waals surface area contributed by atoms with Gasteiger partial charge in [0, 0.05) is 5.30 Å². The summed E-state index contributed by atoms with van der Waals surface area (Å²) in [4.78, 5) is 0. The van der Waals surface area contributed by atoms with Gasteiger partial charge in [-0.15, -0.1) is 0 Å². The normalized spacial score (nSPS) is 24.1. The molecule has 8 heteroatoms. The minimum atomic E-state index is -4.79. The van der Waals surface area contributed by atoms with Gasteiger partial charge in [-0.25, -0.2) is 0 Å². The maximum absolute atomic E-state index is 16.4. The van der Waals surface area contributed by atoms with E-state index in [2.05, 4.69) is 0 Å². The molecule has 0 spiro atoms. The number of hydrogen-bond donors (Lipinski definition) is 0. The van der Waals surface area contributed by atoms with Crippen molar-refractivity contribution in [1.82, 2.24) is 0 Å². The Kier molecular flexibility index (Phi) is 7.08. The molecule has 2 aliphatic carbocycles. The fourth-order valence-corrected chi connectivity index (χ4v) is 10.7. The minimum absolute atomic E-state index is 0.101. The van der Waals surface area contributed by atoms with Crippen molar-refractivity contribution in [2.75, 3.05) is 0 Å². The Bertz CT molecular complexity index is 1470. The Morgan fingerprint density at radius 3 is 1.32 bits per heavy atom. The lowest BCUT2D eigenvalue weighted by atomic mass is 9.86. The molecule has 0 bridgehead atoms. The zero-order valence-corrected chi connectivity index (χ0v) is 22.1. The summed E-state index contributed by atoms with van der Waals surface area (Å²) in [7, 11) is -4.40. The van der Waals surface area contributed by atoms with Gasteiger partial charge >= 0.3 is 12.4 Å². The third kappa shape index (κ3) is 4.32. The first-order valence-electron chi connectivity index (χ1n) is 12.7. The standard InChI is InChI=1S/C32H25F6OP/c33-31(34,35)27-18-8-6-16-25(27)29(20-10-2-11-21-29)40(39,24-14-4-1-5-15-24)30(22-12-3-13-23-30)26-17-7-9-19-28(26)32(36,37)38/h1-20,22H,21,23H2. The lowest BCUT2D eigenvalue weighted by Crippen LogP contribution is -2.42. The van der Waals surface area contributed by atoms with Gasteiger partial charge in [0.05, 0.1) is 21.4 Å². The van der Waals surface area contributed by atoms with Gasteiger partial charge in [-0.05, 0) is 36.1 Å². The molecule has 0 fully saturated rings. The number of hydrogen-bond acceptors (Lipinski definition) is 1. The summed E-state index contributed by atoms with van der Waals surface area (Å²) in [5, 5.41) is -3.43. The molecule has 5 rings (SSSR count). The van der Waals surface area contributed by atoms with Gasteiger partial charge in [-0.3, -0.25) is 0 Å². The van der Waals surface area contributed by atoms with Crippen molar-refractivity contribution in [3.8, 4) is 0 Å². The number of halogens is 6. The van der Waals surface area contributed by atoms with Crippen LogP contribution in [0.2, 0.25) is 0 Å². The van der Waals surface area contributed by atoms with E-state index in [0.717, 1.165) is 12.1 Å². The van der Waals surface area contributed by atoms with E-state index in [4.69, 9.17) is 0 Å². The SMILES string of the molecule is O=P(c1ccccc1)(C1(c2ccccc2C(F)(F)F)C=CC=CC1)C1(c2ccccc2C(F)(F)F)C=CC=CC1. The Balaban J connectivity index is 1.98. The molecule has 0 heterocycles. The van der Waals surface area contributed by atoms with Crippen LogP contribution in [0.1, 0.15) is 35.1 Å². The highest BCUT2D eigenvalue weighted by atomic mass is 31.2. The van der Waals surface area contributed by atoms with Gasteiger partial charge < -0.3 is 4.57 Å². The van der Waals surface area contributed by atoms with E-state index in [1.54, 1.807) is 54.6 Å². The van der Waals surface area contributed by atoms with E-state index in [1.807, 2.05) is 0 Å². The van der Waals surface area contributed by atoms with Crippen molar-refractivity contribution in [1.29, 1.82) is 0 Å². The molecule has 0 aromatic heterocycles. The van der Waals surface area contributed by atoms with Crippen LogP contribution in [0.4, 0.5) is 26.3 Å². The smallest absolute Gasteiger partial charge is 0.316 e. The Labute approximate surface area is 228 Å². The second-order valence-corrected chi connectivity index (χ2v) is 13.2. The lowest BCUT2D eigenvalue weighted by Gasteiger charge is -2.51. The number of allylic oxidation sites excluding steroid dienone is 8. The van der Waals surface area contributed by atoms with E-state index >= 15 is 4.57 Å². The summed E-state index contributed by atoms with van der Waals surface area (Å²) in [6.45, 7) is 0. The molecule has 0 amide bonds. The van der Waals surface area contributed by atoms with Crippen LogP contribution in [-0.4, -0.2) is 0 Å². The van der Waals surface area contributed by atoms with Gasteiger partial charge in [0.1, 0.15) is 7.14 Å². The molecule has 40 heavy (non-hydrogen) atoms. The molecule has 0 radical (unpaired) electrons. The molecule has 2 unspecified atom stereocenters. The van der Waals surface area contributed by atoms with E-state index < -0.39 is 40.9 Å². The largest absolute Gasteiger partial charge is 0.416 e. The lowest BCUT2D eigenvalue weighted by molar-refractivity contribution is -0.139. The zero-order chi connectivity index (χ0) is 28.7. The van der Waals surface area contributed by atoms with Crippen LogP contribution in [0.25, 0.3) is 0 Å². The average Bonchev–Trinajstić information content (AvgIpc) is 2.97. The molecule has 2 atom stereocenters. The van der Waals surface area contributed by atoms with Crippen LogP contribution < -0.4 is 5.30 Å². The summed E-state index contributed by atoms with van der Waals surface area (Å²) < 4.78 is 104. The summed E-state index contributed by atoms with van der Waals surface area (Å²) >= 11 is 0. The molecular weight excluding hydrogens is 545 g/mol. The molecule has 0 saturated carbocycles. The van der Waals surface area contributed by atoms with Gasteiger partial charge in [-0.2, -0.15) is 26.3 Å².